The van der Waals surface area contributed by atoms with E-state index in [2.05, 4.69) is 20.8 Å². The summed E-state index contributed by atoms with van der Waals surface area (Å²) in [5, 5.41) is 10.9. The van der Waals surface area contributed by atoms with Crippen LogP contribution in [0.5, 0.6) is 0 Å². The van der Waals surface area contributed by atoms with Crippen molar-refractivity contribution < 1.29 is 19.4 Å². The van der Waals surface area contributed by atoms with Crippen molar-refractivity contribution in [2.45, 2.75) is 72.8 Å². The maximum Gasteiger partial charge on any atom is 0.309 e. The van der Waals surface area contributed by atoms with E-state index in [0.717, 1.165) is 12.8 Å². The number of ether oxygens (including phenoxy) is 1. The second-order valence-electron chi connectivity index (χ2n) is 7.36. The van der Waals surface area contributed by atoms with Crippen LogP contribution < -0.4 is 5.11 Å². The minimum atomic E-state index is -1.10. The Balaban J connectivity index is 2.68. The largest absolute Gasteiger partial charge is 0.550 e. The van der Waals surface area contributed by atoms with Crippen LogP contribution in [-0.2, 0) is 14.3 Å². The summed E-state index contributed by atoms with van der Waals surface area (Å²) in [5.41, 5.74) is 0. The molecule has 0 radical (unpaired) electrons. The average molecular weight is 311 g/mol. The molecule has 5 atom stereocenters. The maximum absolute atomic E-state index is 12.4. The molecule has 4 nitrogen and oxygen atoms in total. The lowest BCUT2D eigenvalue weighted by atomic mass is 9.75. The van der Waals surface area contributed by atoms with Gasteiger partial charge in [-0.05, 0) is 49.4 Å². The maximum atomic E-state index is 12.4. The van der Waals surface area contributed by atoms with E-state index in [0.29, 0.717) is 30.6 Å². The predicted molar refractivity (Wildman–Crippen MR) is 83.8 cm³/mol. The van der Waals surface area contributed by atoms with Crippen molar-refractivity contribution in [2.24, 2.45) is 29.6 Å². The molecule has 0 heterocycles. The Morgan fingerprint density at radius 1 is 1.23 bits per heavy atom. The van der Waals surface area contributed by atoms with Crippen LogP contribution in [0, 0.1) is 29.6 Å². The third-order valence-electron chi connectivity index (χ3n) is 5.10. The van der Waals surface area contributed by atoms with Gasteiger partial charge in [-0.25, -0.2) is 0 Å². The van der Waals surface area contributed by atoms with Crippen LogP contribution in [0.4, 0.5) is 0 Å². The zero-order chi connectivity index (χ0) is 16.9. The first-order valence-corrected chi connectivity index (χ1v) is 8.67. The number of carbonyl (C=O) groups is 2. The lowest BCUT2D eigenvalue weighted by molar-refractivity contribution is -0.311. The van der Waals surface area contributed by atoms with E-state index < -0.39 is 11.9 Å². The fraction of sp³-hybridized carbons (Fsp3) is 0.889. The summed E-state index contributed by atoms with van der Waals surface area (Å²) in [6.07, 6.45) is 4.08. The molecule has 1 saturated carbocycles. The van der Waals surface area contributed by atoms with Crippen LogP contribution in [0.2, 0.25) is 0 Å². The first kappa shape index (κ1) is 19.0. The molecule has 1 rings (SSSR count). The Hall–Kier alpha value is -1.06. The van der Waals surface area contributed by atoms with Gasteiger partial charge in [0.05, 0.1) is 5.92 Å². The second kappa shape index (κ2) is 8.54. The number of hydrogen-bond acceptors (Lipinski definition) is 4. The minimum Gasteiger partial charge on any atom is -0.550 e. The van der Waals surface area contributed by atoms with Gasteiger partial charge in [-0.2, -0.15) is 0 Å². The van der Waals surface area contributed by atoms with Gasteiger partial charge in [0.25, 0.3) is 0 Å². The van der Waals surface area contributed by atoms with Crippen LogP contribution in [-0.4, -0.2) is 18.0 Å². The van der Waals surface area contributed by atoms with Gasteiger partial charge in [0, 0.05) is 5.97 Å². The lowest BCUT2D eigenvalue weighted by Gasteiger charge is -2.37. The van der Waals surface area contributed by atoms with Crippen molar-refractivity contribution >= 4 is 11.9 Å². The van der Waals surface area contributed by atoms with E-state index in [-0.39, 0.29) is 18.0 Å². The van der Waals surface area contributed by atoms with E-state index in [1.54, 1.807) is 6.92 Å². The topological polar surface area (TPSA) is 66.4 Å². The van der Waals surface area contributed by atoms with Crippen LogP contribution >= 0.6 is 0 Å². The number of carboxylic acid groups (broad SMARTS) is 1. The first-order valence-electron chi connectivity index (χ1n) is 8.67. The molecular formula is C18H31O4-. The quantitative estimate of drug-likeness (QED) is 0.678. The smallest absolute Gasteiger partial charge is 0.309 e. The van der Waals surface area contributed by atoms with Crippen molar-refractivity contribution in [3.63, 3.8) is 0 Å². The SMILES string of the molecule is CCC(CC(C)C(=O)[O-])C(=O)OC1CC(C)CCC1C(C)C. The molecule has 128 valence electrons. The van der Waals surface area contributed by atoms with Gasteiger partial charge in [0.15, 0.2) is 0 Å². The van der Waals surface area contributed by atoms with Gasteiger partial charge >= 0.3 is 5.97 Å². The molecule has 1 aliphatic carbocycles. The van der Waals surface area contributed by atoms with Crippen molar-refractivity contribution in [3.8, 4) is 0 Å². The molecule has 0 N–H and O–H groups in total. The fourth-order valence-corrected chi connectivity index (χ4v) is 3.45. The van der Waals surface area contributed by atoms with E-state index in [9.17, 15) is 14.7 Å². The molecule has 0 aromatic heterocycles. The Morgan fingerprint density at radius 2 is 1.86 bits per heavy atom. The van der Waals surface area contributed by atoms with Gasteiger partial charge in [-0.3, -0.25) is 4.79 Å². The zero-order valence-corrected chi connectivity index (χ0v) is 14.6. The number of carbonyl (C=O) groups excluding carboxylic acids is 2. The summed E-state index contributed by atoms with van der Waals surface area (Å²) in [5.74, 6) is -0.821. The Bertz CT molecular complexity index is 377. The van der Waals surface area contributed by atoms with Gasteiger partial charge in [-0.1, -0.05) is 41.0 Å². The number of hydrogen-bond donors (Lipinski definition) is 0. The average Bonchev–Trinajstić information content (AvgIpc) is 2.43. The highest BCUT2D eigenvalue weighted by Gasteiger charge is 2.34. The van der Waals surface area contributed by atoms with E-state index in [4.69, 9.17) is 4.74 Å². The number of carboxylic acids is 1. The Labute approximate surface area is 134 Å². The van der Waals surface area contributed by atoms with Gasteiger partial charge in [0.1, 0.15) is 6.10 Å². The molecule has 22 heavy (non-hydrogen) atoms. The summed E-state index contributed by atoms with van der Waals surface area (Å²) in [7, 11) is 0. The number of esters is 1. The summed E-state index contributed by atoms with van der Waals surface area (Å²) < 4.78 is 5.82. The van der Waals surface area contributed by atoms with E-state index >= 15 is 0 Å². The highest BCUT2D eigenvalue weighted by atomic mass is 16.5. The number of rotatable bonds is 7. The highest BCUT2D eigenvalue weighted by molar-refractivity contribution is 5.74. The summed E-state index contributed by atoms with van der Waals surface area (Å²) in [6, 6.07) is 0. The first-order chi connectivity index (χ1) is 10.3. The predicted octanol–water partition coefficient (Wildman–Crippen LogP) is 2.79. The molecular weight excluding hydrogens is 280 g/mol. The summed E-state index contributed by atoms with van der Waals surface area (Å²) in [4.78, 5) is 23.3. The summed E-state index contributed by atoms with van der Waals surface area (Å²) in [6.45, 7) is 10.0. The van der Waals surface area contributed by atoms with Crippen LogP contribution in [0.3, 0.4) is 0 Å². The third kappa shape index (κ3) is 5.29. The lowest BCUT2D eigenvalue weighted by Crippen LogP contribution is -2.38. The third-order valence-corrected chi connectivity index (χ3v) is 5.10. The Kier molecular flexibility index (Phi) is 7.37. The van der Waals surface area contributed by atoms with Crippen LogP contribution in [0.1, 0.15) is 66.7 Å². The molecule has 0 aromatic rings. The molecule has 1 aliphatic rings. The zero-order valence-electron chi connectivity index (χ0n) is 14.6. The molecule has 0 saturated heterocycles. The molecule has 0 amide bonds. The molecule has 0 aromatic carbocycles. The van der Waals surface area contributed by atoms with Gasteiger partial charge < -0.3 is 14.6 Å². The molecule has 0 aliphatic heterocycles. The fourth-order valence-electron chi connectivity index (χ4n) is 3.45. The standard InChI is InChI=1S/C18H32O4/c1-6-14(10-13(5)17(19)20)18(21)22-16-9-12(4)7-8-15(16)11(2)3/h11-16H,6-10H2,1-5H3,(H,19,20)/p-1. The van der Waals surface area contributed by atoms with E-state index in [1.165, 1.54) is 6.42 Å². The van der Waals surface area contributed by atoms with Crippen LogP contribution in [0.15, 0.2) is 0 Å². The molecule has 5 unspecified atom stereocenters. The van der Waals surface area contributed by atoms with Gasteiger partial charge in [-0.15, -0.1) is 0 Å². The second-order valence-corrected chi connectivity index (χ2v) is 7.36. The highest BCUT2D eigenvalue weighted by Crippen LogP contribution is 2.36. The summed E-state index contributed by atoms with van der Waals surface area (Å²) >= 11 is 0. The Morgan fingerprint density at radius 3 is 2.36 bits per heavy atom. The molecule has 0 bridgehead atoms. The van der Waals surface area contributed by atoms with Crippen molar-refractivity contribution in [1.82, 2.24) is 0 Å². The van der Waals surface area contributed by atoms with Crippen molar-refractivity contribution in [2.75, 3.05) is 0 Å². The van der Waals surface area contributed by atoms with Crippen LogP contribution in [0.25, 0.3) is 0 Å². The minimum absolute atomic E-state index is 0.0245. The van der Waals surface area contributed by atoms with Gasteiger partial charge in [0.2, 0.25) is 0 Å². The van der Waals surface area contributed by atoms with Crippen molar-refractivity contribution in [1.29, 1.82) is 0 Å². The monoisotopic (exact) mass is 311 g/mol. The molecule has 0 spiro atoms. The van der Waals surface area contributed by atoms with Crippen molar-refractivity contribution in [3.05, 3.63) is 0 Å². The molecule has 4 heteroatoms. The normalized spacial score (nSPS) is 28.2. The number of aliphatic carboxylic acids is 1. The molecule has 1 fully saturated rings. The van der Waals surface area contributed by atoms with E-state index in [1.807, 2.05) is 6.92 Å².